The topological polar surface area (TPSA) is 67.1 Å². The maximum atomic E-state index is 5.62. The Morgan fingerprint density at radius 3 is 2.62 bits per heavy atom. The van der Waals surface area contributed by atoms with Gasteiger partial charge in [-0.05, 0) is 26.7 Å². The van der Waals surface area contributed by atoms with Gasteiger partial charge in [0.25, 0.3) is 0 Å². The molecule has 1 saturated heterocycles. The number of piperidine rings is 1. The second-order valence-corrected chi connectivity index (χ2v) is 4.48. The molecule has 88 valence electrons. The normalized spacial score (nSPS) is 26.6. The molecule has 1 aromatic rings. The minimum Gasteiger partial charge on any atom is -0.384 e. The molecule has 0 bridgehead atoms. The Labute approximate surface area is 96.0 Å². The molecule has 5 nitrogen and oxygen atoms in total. The van der Waals surface area contributed by atoms with Crippen molar-refractivity contribution in [1.29, 1.82) is 0 Å². The highest BCUT2D eigenvalue weighted by atomic mass is 15.5. The first-order valence-electron chi connectivity index (χ1n) is 5.79. The molecule has 1 fully saturated rings. The van der Waals surface area contributed by atoms with Crippen molar-refractivity contribution in [1.82, 2.24) is 15.0 Å². The summed E-state index contributed by atoms with van der Waals surface area (Å²) in [6.45, 7) is 4.46. The third-order valence-electron chi connectivity index (χ3n) is 3.13. The molecule has 2 heterocycles. The zero-order chi connectivity index (χ0) is 11.5. The minimum atomic E-state index is 0.495. The van der Waals surface area contributed by atoms with Crippen molar-refractivity contribution in [2.75, 3.05) is 11.2 Å². The van der Waals surface area contributed by atoms with Gasteiger partial charge in [-0.1, -0.05) is 6.42 Å². The number of hydrogen-bond donors (Lipinski definition) is 2. The third-order valence-corrected chi connectivity index (χ3v) is 3.13. The maximum absolute atomic E-state index is 5.62. The van der Waals surface area contributed by atoms with Crippen molar-refractivity contribution in [2.24, 2.45) is 0 Å². The monoisotopic (exact) mass is 221 g/mol. The molecule has 0 saturated carbocycles. The van der Waals surface area contributed by atoms with Crippen LogP contribution in [-0.4, -0.2) is 27.1 Å². The number of hydrazine groups is 1. The fourth-order valence-electron chi connectivity index (χ4n) is 2.21. The molecule has 1 aliphatic rings. The second kappa shape index (κ2) is 4.65. The molecule has 0 amide bonds. The Morgan fingerprint density at radius 1 is 1.31 bits per heavy atom. The summed E-state index contributed by atoms with van der Waals surface area (Å²) in [6, 6.07) is 2.81. The fourth-order valence-corrected chi connectivity index (χ4v) is 2.21. The second-order valence-electron chi connectivity index (χ2n) is 4.48. The number of aromatic nitrogens is 2. The van der Waals surface area contributed by atoms with Gasteiger partial charge in [-0.25, -0.2) is 15.0 Å². The summed E-state index contributed by atoms with van der Waals surface area (Å²) in [7, 11) is 0. The molecule has 5 heteroatoms. The summed E-state index contributed by atoms with van der Waals surface area (Å²) in [4.78, 5) is 8.04. The van der Waals surface area contributed by atoms with Gasteiger partial charge in [0.15, 0.2) is 0 Å². The van der Waals surface area contributed by atoms with E-state index in [0.717, 1.165) is 5.82 Å². The Bertz CT molecular complexity index is 344. The summed E-state index contributed by atoms with van der Waals surface area (Å²) in [5.41, 5.74) is 8.95. The van der Waals surface area contributed by atoms with Crippen molar-refractivity contribution in [2.45, 2.75) is 45.2 Å². The van der Waals surface area contributed by atoms with Crippen LogP contribution in [0.15, 0.2) is 12.4 Å². The number of nitrogens with one attached hydrogen (secondary N) is 1. The smallest absolute Gasteiger partial charge is 0.145 e. The van der Waals surface area contributed by atoms with Gasteiger partial charge in [0.05, 0.1) is 0 Å². The van der Waals surface area contributed by atoms with Crippen LogP contribution < -0.4 is 11.2 Å². The van der Waals surface area contributed by atoms with E-state index in [0.29, 0.717) is 17.9 Å². The van der Waals surface area contributed by atoms with Gasteiger partial charge in [-0.2, -0.15) is 0 Å². The predicted molar refractivity (Wildman–Crippen MR) is 64.7 cm³/mol. The van der Waals surface area contributed by atoms with Crippen molar-refractivity contribution >= 4 is 11.6 Å². The number of rotatable bonds is 2. The van der Waals surface area contributed by atoms with E-state index < -0.39 is 0 Å². The molecule has 2 atom stereocenters. The summed E-state index contributed by atoms with van der Waals surface area (Å²) in [5.74, 6) is 1.27. The Morgan fingerprint density at radius 2 is 2.00 bits per heavy atom. The molecule has 0 spiro atoms. The molecular formula is C11H19N5. The van der Waals surface area contributed by atoms with Crippen molar-refractivity contribution in [3.8, 4) is 0 Å². The summed E-state index contributed by atoms with van der Waals surface area (Å²) in [5, 5.41) is 2.26. The molecule has 0 aromatic carbocycles. The highest BCUT2D eigenvalue weighted by Crippen LogP contribution is 2.22. The van der Waals surface area contributed by atoms with Gasteiger partial charge < -0.3 is 11.2 Å². The number of nitrogens with zero attached hydrogens (tertiary/aromatic N) is 3. The largest absolute Gasteiger partial charge is 0.384 e. The molecule has 0 aliphatic carbocycles. The zero-order valence-corrected chi connectivity index (χ0v) is 9.85. The van der Waals surface area contributed by atoms with E-state index in [1.54, 1.807) is 6.07 Å². The van der Waals surface area contributed by atoms with Crippen LogP contribution in [-0.2, 0) is 0 Å². The van der Waals surface area contributed by atoms with E-state index in [1.807, 2.05) is 0 Å². The van der Waals surface area contributed by atoms with E-state index in [4.69, 9.17) is 5.73 Å². The first-order valence-corrected chi connectivity index (χ1v) is 5.79. The summed E-state index contributed by atoms with van der Waals surface area (Å²) >= 11 is 0. The van der Waals surface area contributed by atoms with Crippen LogP contribution >= 0.6 is 0 Å². The average molecular weight is 221 g/mol. The lowest BCUT2D eigenvalue weighted by Crippen LogP contribution is -2.47. The van der Waals surface area contributed by atoms with Gasteiger partial charge >= 0.3 is 0 Å². The quantitative estimate of drug-likeness (QED) is 0.794. The first-order chi connectivity index (χ1) is 7.66. The van der Waals surface area contributed by atoms with Crippen molar-refractivity contribution < 1.29 is 0 Å². The Balaban J connectivity index is 2.07. The molecule has 2 unspecified atom stereocenters. The van der Waals surface area contributed by atoms with Crippen LogP contribution in [0.3, 0.4) is 0 Å². The van der Waals surface area contributed by atoms with E-state index in [1.165, 1.54) is 25.6 Å². The molecule has 1 aromatic heterocycles. The lowest BCUT2D eigenvalue weighted by Gasteiger charge is -2.39. The van der Waals surface area contributed by atoms with Gasteiger partial charge in [0.1, 0.15) is 18.0 Å². The highest BCUT2D eigenvalue weighted by molar-refractivity contribution is 5.42. The number of nitrogens with two attached hydrogens (primary N) is 1. The van der Waals surface area contributed by atoms with Crippen molar-refractivity contribution in [3.63, 3.8) is 0 Å². The minimum absolute atomic E-state index is 0.495. The molecule has 3 N–H and O–H groups in total. The molecular weight excluding hydrogens is 202 g/mol. The lowest BCUT2D eigenvalue weighted by atomic mass is 10.00. The van der Waals surface area contributed by atoms with E-state index in [-0.39, 0.29) is 0 Å². The van der Waals surface area contributed by atoms with Crippen LogP contribution in [0, 0.1) is 0 Å². The Kier molecular flexibility index (Phi) is 3.24. The van der Waals surface area contributed by atoms with E-state index >= 15 is 0 Å². The van der Waals surface area contributed by atoms with Gasteiger partial charge in [-0.15, -0.1) is 0 Å². The van der Waals surface area contributed by atoms with Crippen LogP contribution in [0.4, 0.5) is 11.6 Å². The van der Waals surface area contributed by atoms with Crippen LogP contribution in [0.1, 0.15) is 33.1 Å². The first kappa shape index (κ1) is 11.1. The number of nitrogen functional groups attached to an aromatic ring is 1. The maximum Gasteiger partial charge on any atom is 0.145 e. The summed E-state index contributed by atoms with van der Waals surface area (Å²) in [6.07, 6.45) is 5.22. The SMILES string of the molecule is CC1CCCC(C)N1Nc1cc(N)ncn1. The molecule has 16 heavy (non-hydrogen) atoms. The van der Waals surface area contributed by atoms with Gasteiger partial charge in [0, 0.05) is 18.2 Å². The van der Waals surface area contributed by atoms with Crippen LogP contribution in [0.5, 0.6) is 0 Å². The van der Waals surface area contributed by atoms with Crippen molar-refractivity contribution in [3.05, 3.63) is 12.4 Å². The lowest BCUT2D eigenvalue weighted by molar-refractivity contribution is 0.135. The van der Waals surface area contributed by atoms with Crippen LogP contribution in [0.25, 0.3) is 0 Å². The molecule has 1 aliphatic heterocycles. The van der Waals surface area contributed by atoms with Crippen LogP contribution in [0.2, 0.25) is 0 Å². The fraction of sp³-hybridized carbons (Fsp3) is 0.636. The predicted octanol–water partition coefficient (Wildman–Crippen LogP) is 1.65. The molecule has 0 radical (unpaired) electrons. The van der Waals surface area contributed by atoms with Gasteiger partial charge in [-0.3, -0.25) is 0 Å². The third kappa shape index (κ3) is 2.41. The number of anilines is 2. The highest BCUT2D eigenvalue weighted by Gasteiger charge is 2.24. The number of hydrogen-bond acceptors (Lipinski definition) is 5. The van der Waals surface area contributed by atoms with Gasteiger partial charge in [0.2, 0.25) is 0 Å². The zero-order valence-electron chi connectivity index (χ0n) is 9.85. The molecule has 2 rings (SSSR count). The summed E-state index contributed by atoms with van der Waals surface area (Å²) < 4.78 is 0. The standard InChI is InChI=1S/C11H19N5/c1-8-4-3-5-9(2)16(8)15-11-6-10(12)13-7-14-11/h6-9H,3-5H2,1-2H3,(H3,12,13,14,15). The average Bonchev–Trinajstić information content (AvgIpc) is 2.24. The van der Waals surface area contributed by atoms with E-state index in [9.17, 15) is 0 Å². The van der Waals surface area contributed by atoms with E-state index in [2.05, 4.69) is 34.3 Å². The Hall–Kier alpha value is -1.36.